The van der Waals surface area contributed by atoms with Gasteiger partial charge in [-0.2, -0.15) is 10.3 Å². The molecule has 0 fully saturated rings. The normalized spacial score (nSPS) is 21.7. The smallest absolute Gasteiger partial charge is 0.360 e. The maximum absolute atomic E-state index is 12.2. The van der Waals surface area contributed by atoms with Crippen LogP contribution in [0.4, 0.5) is 17.2 Å². The lowest BCUT2D eigenvalue weighted by Gasteiger charge is -2.29. The minimum Gasteiger partial charge on any atom is -0.621 e. The van der Waals surface area contributed by atoms with Crippen molar-refractivity contribution in [3.05, 3.63) is 46.4 Å². The van der Waals surface area contributed by atoms with Gasteiger partial charge in [0.15, 0.2) is 5.82 Å². The van der Waals surface area contributed by atoms with E-state index in [1.54, 1.807) is 30.3 Å². The Hall–Kier alpha value is -2.26. The molecule has 0 saturated heterocycles. The van der Waals surface area contributed by atoms with Crippen molar-refractivity contribution in [1.29, 1.82) is 0 Å². The first kappa shape index (κ1) is 11.8. The molecular formula is C11H12N6O2. The molecule has 8 nitrogen and oxygen atoms in total. The standard InChI is InChI=1S/C11H12N6O2/c1-7-6-10(14-13-7)12-11-15-17(19)9-5-3-2-4-8(9)16(11)18/h2-6,16-17H,1H3,(H2,12,13,14,15). The minimum atomic E-state index is -0.426. The summed E-state index contributed by atoms with van der Waals surface area (Å²) in [6.45, 7) is 1.84. The number of para-hydroxylation sites is 1. The van der Waals surface area contributed by atoms with Crippen molar-refractivity contribution < 1.29 is 10.2 Å². The topological polar surface area (TPSA) is 108 Å². The molecule has 2 aromatic rings. The van der Waals surface area contributed by atoms with Gasteiger partial charge in [-0.1, -0.05) is 12.1 Å². The van der Waals surface area contributed by atoms with Crippen molar-refractivity contribution in [3.63, 3.8) is 0 Å². The number of rotatable bonds is 1. The van der Waals surface area contributed by atoms with Gasteiger partial charge in [-0.3, -0.25) is 15.5 Å². The van der Waals surface area contributed by atoms with E-state index in [-0.39, 0.29) is 11.0 Å². The molecule has 8 heteroatoms. The highest BCUT2D eigenvalue weighted by Gasteiger charge is 2.27. The second-order valence-corrected chi connectivity index (χ2v) is 4.20. The van der Waals surface area contributed by atoms with Crippen molar-refractivity contribution in [2.24, 2.45) is 5.10 Å². The van der Waals surface area contributed by atoms with Gasteiger partial charge in [-0.05, 0) is 6.92 Å². The largest absolute Gasteiger partial charge is 0.621 e. The van der Waals surface area contributed by atoms with Gasteiger partial charge in [0.2, 0.25) is 11.4 Å². The third-order valence-corrected chi connectivity index (χ3v) is 2.78. The lowest BCUT2D eigenvalue weighted by atomic mass is 10.2. The van der Waals surface area contributed by atoms with Crippen LogP contribution < -0.4 is 15.6 Å². The summed E-state index contributed by atoms with van der Waals surface area (Å²) in [4.78, 5) is 0. The predicted molar refractivity (Wildman–Crippen MR) is 68.8 cm³/mol. The fourth-order valence-electron chi connectivity index (χ4n) is 1.90. The van der Waals surface area contributed by atoms with E-state index >= 15 is 0 Å². The van der Waals surface area contributed by atoms with Crippen molar-refractivity contribution in [3.8, 4) is 0 Å². The summed E-state index contributed by atoms with van der Waals surface area (Å²) < 4.78 is 0. The van der Waals surface area contributed by atoms with Gasteiger partial charge in [-0.15, -0.1) is 0 Å². The van der Waals surface area contributed by atoms with Gasteiger partial charge in [0.25, 0.3) is 0 Å². The number of hydrogen-bond donors (Lipinski definition) is 4. The first-order chi connectivity index (χ1) is 9.15. The molecule has 0 bridgehead atoms. The van der Waals surface area contributed by atoms with Crippen molar-refractivity contribution in [2.45, 2.75) is 6.92 Å². The number of anilines is 1. The van der Waals surface area contributed by atoms with Crippen molar-refractivity contribution >= 4 is 23.2 Å². The number of fused-ring (bicyclic) bond motifs is 1. The maximum atomic E-state index is 12.2. The summed E-state index contributed by atoms with van der Waals surface area (Å²) in [6.07, 6.45) is 0. The minimum absolute atomic E-state index is 0.00444. The van der Waals surface area contributed by atoms with E-state index < -0.39 is 5.17 Å². The molecule has 0 aliphatic carbocycles. The zero-order chi connectivity index (χ0) is 13.4. The molecule has 0 radical (unpaired) electrons. The Kier molecular flexibility index (Phi) is 2.76. The van der Waals surface area contributed by atoms with Crippen LogP contribution in [-0.2, 0) is 0 Å². The van der Waals surface area contributed by atoms with Crippen LogP contribution in [0.15, 0.2) is 35.4 Å². The number of hydroxylamine groups is 1. The quantitative estimate of drug-likeness (QED) is 0.500. The Morgan fingerprint density at radius 3 is 2.63 bits per heavy atom. The molecule has 0 spiro atoms. The fourth-order valence-corrected chi connectivity index (χ4v) is 1.90. The molecule has 2 unspecified atom stereocenters. The van der Waals surface area contributed by atoms with E-state index in [0.29, 0.717) is 17.2 Å². The van der Waals surface area contributed by atoms with E-state index in [9.17, 15) is 10.4 Å². The van der Waals surface area contributed by atoms with Crippen molar-refractivity contribution in [2.75, 3.05) is 5.32 Å². The second-order valence-electron chi connectivity index (χ2n) is 4.20. The average molecular weight is 260 g/mol. The molecule has 1 aromatic heterocycles. The van der Waals surface area contributed by atoms with E-state index in [2.05, 4.69) is 20.6 Å². The first-order valence-electron chi connectivity index (χ1n) is 5.71. The molecule has 0 amide bonds. The van der Waals surface area contributed by atoms with E-state index in [0.717, 1.165) is 5.69 Å². The van der Waals surface area contributed by atoms with Gasteiger partial charge in [0.1, 0.15) is 0 Å². The summed E-state index contributed by atoms with van der Waals surface area (Å²) in [5.74, 6) is 0.451. The third-order valence-electron chi connectivity index (χ3n) is 2.78. The zero-order valence-corrected chi connectivity index (χ0v) is 10.1. The van der Waals surface area contributed by atoms with E-state index in [1.165, 1.54) is 0 Å². The second kappa shape index (κ2) is 4.44. The molecule has 0 saturated carbocycles. The lowest BCUT2D eigenvalue weighted by Crippen LogP contribution is -3.14. The number of hydrogen-bond acceptors (Lipinski definition) is 5. The highest BCUT2D eigenvalue weighted by molar-refractivity contribution is 5.88. The summed E-state index contributed by atoms with van der Waals surface area (Å²) in [7, 11) is 0. The molecular weight excluding hydrogens is 248 g/mol. The van der Waals surface area contributed by atoms with E-state index in [4.69, 9.17) is 0 Å². The van der Waals surface area contributed by atoms with Crippen LogP contribution in [0.2, 0.25) is 0 Å². The highest BCUT2D eigenvalue weighted by atomic mass is 16.5. The molecule has 3 rings (SSSR count). The Bertz CT molecular complexity index is 638. The van der Waals surface area contributed by atoms with Gasteiger partial charge < -0.3 is 10.4 Å². The molecule has 4 N–H and O–H groups in total. The Labute approximate surface area is 108 Å². The number of nitrogens with zero attached hydrogens (tertiary/aromatic N) is 2. The number of benzene rings is 1. The summed E-state index contributed by atoms with van der Waals surface area (Å²) in [6, 6.07) is 8.34. The van der Waals surface area contributed by atoms with Gasteiger partial charge >= 0.3 is 5.96 Å². The highest BCUT2D eigenvalue weighted by Crippen LogP contribution is 2.14. The Morgan fingerprint density at radius 2 is 1.95 bits per heavy atom. The van der Waals surface area contributed by atoms with Gasteiger partial charge in [0, 0.05) is 29.0 Å². The predicted octanol–water partition coefficient (Wildman–Crippen LogP) is -0.857. The van der Waals surface area contributed by atoms with Crippen LogP contribution in [0.25, 0.3) is 0 Å². The van der Waals surface area contributed by atoms with Crippen LogP contribution in [0.1, 0.15) is 5.69 Å². The van der Waals surface area contributed by atoms with E-state index in [1.807, 2.05) is 6.92 Å². The summed E-state index contributed by atoms with van der Waals surface area (Å²) in [5, 5.41) is 36.5. The molecule has 1 aliphatic heterocycles. The van der Waals surface area contributed by atoms with Crippen LogP contribution in [0.3, 0.4) is 0 Å². The number of nitrogens with one attached hydrogen (secondary N) is 4. The van der Waals surface area contributed by atoms with Crippen LogP contribution in [0, 0.1) is 17.3 Å². The van der Waals surface area contributed by atoms with Crippen LogP contribution in [0.5, 0.6) is 0 Å². The van der Waals surface area contributed by atoms with Gasteiger partial charge in [-0.25, -0.2) is 0 Å². The number of guanidine groups is 1. The third kappa shape index (κ3) is 2.09. The number of H-pyrrole nitrogens is 1. The molecule has 2 atom stereocenters. The number of quaternary nitrogens is 2. The maximum Gasteiger partial charge on any atom is 0.360 e. The zero-order valence-electron chi connectivity index (χ0n) is 10.1. The Balaban J connectivity index is 1.92. The molecule has 98 valence electrons. The molecule has 1 aromatic carbocycles. The number of aromatic amines is 1. The monoisotopic (exact) mass is 260 g/mol. The number of aromatic nitrogens is 2. The number of aryl methyl sites for hydroxylation is 1. The van der Waals surface area contributed by atoms with Crippen LogP contribution in [-0.4, -0.2) is 16.2 Å². The fraction of sp³-hybridized carbons (Fsp3) is 0.0909. The molecule has 2 heterocycles. The summed E-state index contributed by atoms with van der Waals surface area (Å²) in [5.41, 5.74) is 1.53. The van der Waals surface area contributed by atoms with Crippen molar-refractivity contribution in [1.82, 2.24) is 10.2 Å². The molecule has 1 aliphatic rings. The first-order valence-corrected chi connectivity index (χ1v) is 5.71. The van der Waals surface area contributed by atoms with Crippen LogP contribution >= 0.6 is 0 Å². The molecule has 19 heavy (non-hydrogen) atoms. The summed E-state index contributed by atoms with van der Waals surface area (Å²) >= 11 is 0. The van der Waals surface area contributed by atoms with Gasteiger partial charge in [0.05, 0.1) is 0 Å². The Morgan fingerprint density at radius 1 is 1.21 bits per heavy atom. The average Bonchev–Trinajstić information content (AvgIpc) is 2.81. The lowest BCUT2D eigenvalue weighted by molar-refractivity contribution is -0.812. The SMILES string of the molecule is Cc1cc(NC2=N[NH+]([O-])c3ccccc3[NH+]2[O-])n[nH]1.